The van der Waals surface area contributed by atoms with Gasteiger partial charge in [-0.25, -0.2) is 4.98 Å². The number of nitrogens with zero attached hydrogens (tertiary/aromatic N) is 1. The van der Waals surface area contributed by atoms with Gasteiger partial charge < -0.3 is 5.32 Å². The summed E-state index contributed by atoms with van der Waals surface area (Å²) in [6.07, 6.45) is 0. The zero-order chi connectivity index (χ0) is 16.2. The summed E-state index contributed by atoms with van der Waals surface area (Å²) in [6, 6.07) is 16.6. The first-order chi connectivity index (χ1) is 11.1. The number of amides is 1. The highest BCUT2D eigenvalue weighted by molar-refractivity contribution is 7.13. The molecule has 0 saturated heterocycles. The number of benzene rings is 2. The largest absolute Gasteiger partial charge is 0.321 e. The highest BCUT2D eigenvalue weighted by Gasteiger charge is 2.12. The van der Waals surface area contributed by atoms with E-state index in [1.807, 2.05) is 30.3 Å². The van der Waals surface area contributed by atoms with Gasteiger partial charge in [-0.1, -0.05) is 42.5 Å². The number of nitrogens with one attached hydrogen (secondary N) is 1. The van der Waals surface area contributed by atoms with Gasteiger partial charge in [0.05, 0.1) is 0 Å². The van der Waals surface area contributed by atoms with Crippen molar-refractivity contribution in [1.82, 2.24) is 4.98 Å². The lowest BCUT2D eigenvalue weighted by atomic mass is 10.1. The van der Waals surface area contributed by atoms with Gasteiger partial charge in [0.1, 0.15) is 10.7 Å². The lowest BCUT2D eigenvalue weighted by molar-refractivity contribution is 0.100. The van der Waals surface area contributed by atoms with Gasteiger partial charge in [0.2, 0.25) is 0 Å². The lowest BCUT2D eigenvalue weighted by Crippen LogP contribution is -2.12. The number of Topliss-reactive ketones (excluding diaryl/α,β-unsaturated/α-hetero) is 1. The van der Waals surface area contributed by atoms with Crippen LogP contribution in [0.25, 0.3) is 10.6 Å². The van der Waals surface area contributed by atoms with E-state index in [1.54, 1.807) is 29.6 Å². The van der Waals surface area contributed by atoms with Crippen molar-refractivity contribution >= 4 is 28.7 Å². The van der Waals surface area contributed by atoms with Crippen LogP contribution in [0.5, 0.6) is 0 Å². The second-order valence-electron chi connectivity index (χ2n) is 5.00. The van der Waals surface area contributed by atoms with Gasteiger partial charge in [-0.05, 0) is 19.1 Å². The fraction of sp³-hybridized carbons (Fsp3) is 0.0556. The molecule has 114 valence electrons. The molecule has 1 heterocycles. The van der Waals surface area contributed by atoms with E-state index in [9.17, 15) is 9.59 Å². The monoisotopic (exact) mass is 322 g/mol. The second-order valence-corrected chi connectivity index (χ2v) is 5.85. The molecule has 3 aromatic rings. The number of carbonyl (C=O) groups excluding carboxylic acids is 2. The summed E-state index contributed by atoms with van der Waals surface area (Å²) in [5.41, 5.74) is 2.49. The molecule has 1 aromatic heterocycles. The minimum atomic E-state index is -0.288. The molecule has 0 bridgehead atoms. The van der Waals surface area contributed by atoms with E-state index in [-0.39, 0.29) is 11.7 Å². The maximum atomic E-state index is 12.3. The smallest absolute Gasteiger partial charge is 0.275 e. The normalized spacial score (nSPS) is 10.3. The number of rotatable bonds is 4. The molecule has 0 aliphatic rings. The summed E-state index contributed by atoms with van der Waals surface area (Å²) < 4.78 is 0. The molecule has 0 aliphatic carbocycles. The Labute approximate surface area is 137 Å². The fourth-order valence-electron chi connectivity index (χ4n) is 2.10. The quantitative estimate of drug-likeness (QED) is 0.730. The predicted molar refractivity (Wildman–Crippen MR) is 91.9 cm³/mol. The van der Waals surface area contributed by atoms with Crippen LogP contribution in [0.2, 0.25) is 0 Å². The number of ketones is 1. The number of aromatic nitrogens is 1. The minimum absolute atomic E-state index is 0.0406. The maximum Gasteiger partial charge on any atom is 0.275 e. The zero-order valence-electron chi connectivity index (χ0n) is 12.4. The Hall–Kier alpha value is -2.79. The van der Waals surface area contributed by atoms with Crippen molar-refractivity contribution in [3.05, 3.63) is 71.2 Å². The highest BCUT2D eigenvalue weighted by atomic mass is 32.1. The fourth-order valence-corrected chi connectivity index (χ4v) is 2.91. The van der Waals surface area contributed by atoms with Crippen LogP contribution in [0.4, 0.5) is 5.69 Å². The Balaban J connectivity index is 1.78. The Morgan fingerprint density at radius 3 is 2.57 bits per heavy atom. The molecule has 0 saturated carbocycles. The molecule has 0 radical (unpaired) electrons. The summed E-state index contributed by atoms with van der Waals surface area (Å²) in [5, 5.41) is 5.30. The number of anilines is 1. The molecule has 5 heteroatoms. The van der Waals surface area contributed by atoms with Gasteiger partial charge >= 0.3 is 0 Å². The van der Waals surface area contributed by atoms with Crippen LogP contribution >= 0.6 is 11.3 Å². The average molecular weight is 322 g/mol. The van der Waals surface area contributed by atoms with Crippen molar-refractivity contribution in [2.24, 2.45) is 0 Å². The molecule has 1 N–H and O–H groups in total. The van der Waals surface area contributed by atoms with Crippen LogP contribution in [-0.4, -0.2) is 16.7 Å². The summed E-state index contributed by atoms with van der Waals surface area (Å²) in [6.45, 7) is 1.49. The first-order valence-corrected chi connectivity index (χ1v) is 7.95. The topological polar surface area (TPSA) is 59.1 Å². The summed E-state index contributed by atoms with van der Waals surface area (Å²) >= 11 is 1.42. The average Bonchev–Trinajstić information content (AvgIpc) is 3.06. The Bertz CT molecular complexity index is 856. The SMILES string of the molecule is CC(=O)c1cccc(NC(=O)c2csc(-c3ccccc3)n2)c1. The van der Waals surface area contributed by atoms with E-state index in [1.165, 1.54) is 18.3 Å². The second kappa shape index (κ2) is 6.54. The highest BCUT2D eigenvalue weighted by Crippen LogP contribution is 2.23. The Morgan fingerprint density at radius 1 is 1.04 bits per heavy atom. The van der Waals surface area contributed by atoms with E-state index < -0.39 is 0 Å². The molecule has 1 amide bonds. The van der Waals surface area contributed by atoms with E-state index >= 15 is 0 Å². The van der Waals surface area contributed by atoms with Gasteiger partial charge in [-0.2, -0.15) is 0 Å². The van der Waals surface area contributed by atoms with Crippen molar-refractivity contribution in [3.63, 3.8) is 0 Å². The first kappa shape index (κ1) is 15.1. The molecule has 23 heavy (non-hydrogen) atoms. The molecule has 3 rings (SSSR count). The van der Waals surface area contributed by atoms with Crippen molar-refractivity contribution < 1.29 is 9.59 Å². The van der Waals surface area contributed by atoms with Crippen LogP contribution in [0.15, 0.2) is 60.0 Å². The van der Waals surface area contributed by atoms with Crippen LogP contribution in [-0.2, 0) is 0 Å². The van der Waals surface area contributed by atoms with Crippen LogP contribution in [0.1, 0.15) is 27.8 Å². The summed E-state index contributed by atoms with van der Waals surface area (Å²) in [7, 11) is 0. The summed E-state index contributed by atoms with van der Waals surface area (Å²) in [5.74, 6) is -0.328. The number of hydrogen-bond donors (Lipinski definition) is 1. The molecular weight excluding hydrogens is 308 g/mol. The van der Waals surface area contributed by atoms with Crippen LogP contribution in [0, 0.1) is 0 Å². The van der Waals surface area contributed by atoms with Crippen molar-refractivity contribution in [2.45, 2.75) is 6.92 Å². The number of carbonyl (C=O) groups is 2. The van der Waals surface area contributed by atoms with Gasteiger partial charge in [0.15, 0.2) is 5.78 Å². The van der Waals surface area contributed by atoms with Crippen molar-refractivity contribution in [2.75, 3.05) is 5.32 Å². The molecule has 0 aliphatic heterocycles. The molecular formula is C18H14N2O2S. The van der Waals surface area contributed by atoms with Crippen molar-refractivity contribution in [3.8, 4) is 10.6 Å². The standard InChI is InChI=1S/C18H14N2O2S/c1-12(21)14-8-5-9-15(10-14)19-17(22)16-11-23-18(20-16)13-6-3-2-4-7-13/h2-11H,1H3,(H,19,22). The third kappa shape index (κ3) is 3.52. The van der Waals surface area contributed by atoms with E-state index in [0.717, 1.165) is 10.6 Å². The van der Waals surface area contributed by atoms with Gasteiger partial charge in [-0.15, -0.1) is 11.3 Å². The van der Waals surface area contributed by atoms with E-state index in [4.69, 9.17) is 0 Å². The predicted octanol–water partition coefficient (Wildman–Crippen LogP) is 4.27. The maximum absolute atomic E-state index is 12.3. The Morgan fingerprint density at radius 2 is 1.83 bits per heavy atom. The third-order valence-electron chi connectivity index (χ3n) is 3.28. The van der Waals surface area contributed by atoms with E-state index in [2.05, 4.69) is 10.3 Å². The third-order valence-corrected chi connectivity index (χ3v) is 4.18. The molecule has 0 fully saturated rings. The Kier molecular flexibility index (Phi) is 4.30. The molecule has 4 nitrogen and oxygen atoms in total. The van der Waals surface area contributed by atoms with Crippen molar-refractivity contribution in [1.29, 1.82) is 0 Å². The molecule has 2 aromatic carbocycles. The number of thiazole rings is 1. The molecule has 0 spiro atoms. The first-order valence-electron chi connectivity index (χ1n) is 7.07. The van der Waals surface area contributed by atoms with Gasteiger partial charge in [-0.3, -0.25) is 9.59 Å². The lowest BCUT2D eigenvalue weighted by Gasteiger charge is -2.04. The molecule has 0 atom stereocenters. The zero-order valence-corrected chi connectivity index (χ0v) is 13.3. The number of hydrogen-bond acceptors (Lipinski definition) is 4. The van der Waals surface area contributed by atoms with Crippen LogP contribution in [0.3, 0.4) is 0 Å². The summed E-state index contributed by atoms with van der Waals surface area (Å²) in [4.78, 5) is 28.1. The minimum Gasteiger partial charge on any atom is -0.321 e. The van der Waals surface area contributed by atoms with Crippen LogP contribution < -0.4 is 5.32 Å². The van der Waals surface area contributed by atoms with Gasteiger partial charge in [0, 0.05) is 22.2 Å². The molecule has 0 unspecified atom stereocenters. The van der Waals surface area contributed by atoms with E-state index in [0.29, 0.717) is 16.9 Å². The van der Waals surface area contributed by atoms with Gasteiger partial charge in [0.25, 0.3) is 5.91 Å².